The lowest BCUT2D eigenvalue weighted by atomic mass is 10.2. The zero-order chi connectivity index (χ0) is 28.1. The topological polar surface area (TPSA) is 164 Å². The maximum Gasteiger partial charge on any atom is 0.272 e. The molecule has 12 nitrogen and oxygen atoms in total. The number of benzene rings is 2. The Hall–Kier alpha value is -1.51. The predicted octanol–water partition coefficient (Wildman–Crippen LogP) is 5.55. The first kappa shape index (κ1) is 37.6. The molecule has 0 saturated carbocycles. The molecule has 2 N–H and O–H groups in total. The molecular weight excluding hydrogens is 586 g/mol. The number of hydrogen-bond donors (Lipinski definition) is 3. The number of nitrogens with zero attached hydrogens (tertiary/aromatic N) is 2. The van der Waals surface area contributed by atoms with Gasteiger partial charge in [0.15, 0.2) is 0 Å². The summed E-state index contributed by atoms with van der Waals surface area (Å²) in [4.78, 5) is 20.8. The van der Waals surface area contributed by atoms with Crippen molar-refractivity contribution in [1.82, 2.24) is 0 Å². The average Bonchev–Trinajstić information content (AvgIpc) is 2.83. The van der Waals surface area contributed by atoms with Crippen LogP contribution in [0.25, 0.3) is 0 Å². The van der Waals surface area contributed by atoms with E-state index in [0.29, 0.717) is 16.9 Å². The van der Waals surface area contributed by atoms with E-state index in [9.17, 15) is 20.2 Å². The molecule has 0 aliphatic carbocycles. The number of nitro benzene ring substituents is 2. The molecule has 17 heteroatoms. The van der Waals surface area contributed by atoms with Crippen LogP contribution in [0.4, 0.5) is 11.4 Å². The lowest BCUT2D eigenvalue weighted by Crippen LogP contribution is -2.00. The summed E-state index contributed by atoms with van der Waals surface area (Å²) in [6, 6.07) is 8.99. The molecule has 0 aromatic heterocycles. The van der Waals surface area contributed by atoms with Crippen LogP contribution in [0.1, 0.15) is 18.6 Å². The van der Waals surface area contributed by atoms with Crippen LogP contribution in [0, 0.1) is 34.1 Å². The van der Waals surface area contributed by atoms with E-state index in [0.717, 1.165) is 4.90 Å². The smallest absolute Gasteiger partial charge is 0.272 e. The quantitative estimate of drug-likeness (QED) is 0.139. The highest BCUT2D eigenvalue weighted by molar-refractivity contribution is 8.10. The van der Waals surface area contributed by atoms with Crippen LogP contribution < -0.4 is 4.52 Å². The van der Waals surface area contributed by atoms with E-state index in [1.165, 1.54) is 45.6 Å². The van der Waals surface area contributed by atoms with E-state index >= 15 is 0 Å². The second kappa shape index (κ2) is 17.9. The molecule has 0 heterocycles. The van der Waals surface area contributed by atoms with Crippen LogP contribution in [0.5, 0.6) is 5.75 Å². The fourth-order valence-electron chi connectivity index (χ4n) is 2.21. The molecule has 1 atom stereocenters. The maximum absolute atomic E-state index is 10.6. The molecule has 0 bridgehead atoms. The van der Waals surface area contributed by atoms with E-state index in [4.69, 9.17) is 42.9 Å². The van der Waals surface area contributed by atoms with Gasteiger partial charge >= 0.3 is 0 Å². The average molecular weight is 619 g/mol. The Morgan fingerprint density at radius 2 is 1.24 bits per heavy atom. The number of nitro groups is 2. The summed E-state index contributed by atoms with van der Waals surface area (Å²) < 4.78 is 19.7. The monoisotopic (exact) mass is 618 g/mol. The van der Waals surface area contributed by atoms with Gasteiger partial charge in [-0.2, -0.15) is 0 Å². The van der Waals surface area contributed by atoms with Gasteiger partial charge in [0, 0.05) is 49.5 Å². The number of aliphatic hydroxyl groups excluding tert-OH is 2. The van der Waals surface area contributed by atoms with Gasteiger partial charge in [0.05, 0.1) is 9.85 Å². The molecule has 0 aliphatic rings. The van der Waals surface area contributed by atoms with Gasteiger partial charge in [-0.05, 0) is 61.7 Å². The molecule has 2 rings (SSSR count). The Morgan fingerprint density at radius 1 is 0.838 bits per heavy atom. The molecule has 2 aromatic rings. The second-order valence-corrected chi connectivity index (χ2v) is 14.7. The van der Waals surface area contributed by atoms with Crippen LogP contribution in [0.2, 0.25) is 0 Å². The Kier molecular flexibility index (Phi) is 18.2. The summed E-state index contributed by atoms with van der Waals surface area (Å²) >= 11 is 13.8. The van der Waals surface area contributed by atoms with E-state index in [1.54, 1.807) is 26.0 Å². The lowest BCUT2D eigenvalue weighted by Gasteiger charge is -2.18. The van der Waals surface area contributed by atoms with Crippen molar-refractivity contribution in [1.29, 1.82) is 0 Å². The normalized spacial score (nSPS) is 11.9. The van der Waals surface area contributed by atoms with Crippen molar-refractivity contribution in [2.24, 2.45) is 0 Å². The Balaban J connectivity index is 0. The molecule has 0 aliphatic heterocycles. The van der Waals surface area contributed by atoms with Crippen molar-refractivity contribution >= 4 is 60.6 Å². The summed E-state index contributed by atoms with van der Waals surface area (Å²) in [7, 11) is 4.22. The van der Waals surface area contributed by atoms with Crippen LogP contribution in [-0.4, -0.2) is 54.1 Å². The lowest BCUT2D eigenvalue weighted by molar-refractivity contribution is -0.385. The molecule has 0 amide bonds. The minimum Gasteiger partial charge on any atom is -0.442 e. The predicted molar refractivity (Wildman–Crippen MR) is 154 cm³/mol. The van der Waals surface area contributed by atoms with Crippen LogP contribution in [-0.2, 0) is 37.2 Å². The Labute approximate surface area is 232 Å². The number of thiol groups is 1. The standard InChI is InChI=1S/C9H12NO5PS.C7H7NO2S.C3H9O3PS.CH4/c1-7-5-8(3-4-9(7)10(12)13)15-16(17,6-11)14-2;1-5-4-6(11)2-3-7(5)8(9)10;1-5-7(8,3-4)6-2;/h3-5,11H,6H2,1-2H3;2-4,11H,1H3;4H,3H2,1-2H3;1H4. The summed E-state index contributed by atoms with van der Waals surface area (Å²) in [5.41, 5.74) is 1.25. The maximum atomic E-state index is 10.6. The van der Waals surface area contributed by atoms with Crippen LogP contribution in [0.15, 0.2) is 41.3 Å². The van der Waals surface area contributed by atoms with Crippen molar-refractivity contribution in [3.05, 3.63) is 67.8 Å². The fourth-order valence-corrected chi connectivity index (χ4v) is 3.80. The van der Waals surface area contributed by atoms with Crippen molar-refractivity contribution < 1.29 is 38.2 Å². The highest BCUT2D eigenvalue weighted by Gasteiger charge is 2.19. The summed E-state index contributed by atoms with van der Waals surface area (Å²) in [5.74, 6) is 0.354. The van der Waals surface area contributed by atoms with Gasteiger partial charge in [-0.3, -0.25) is 20.2 Å². The van der Waals surface area contributed by atoms with Crippen molar-refractivity contribution in [2.75, 3.05) is 34.0 Å². The van der Waals surface area contributed by atoms with E-state index in [1.807, 2.05) is 0 Å². The second-order valence-electron chi connectivity index (χ2n) is 6.58. The highest BCUT2D eigenvalue weighted by atomic mass is 32.5. The van der Waals surface area contributed by atoms with Gasteiger partial charge < -0.3 is 28.3 Å². The van der Waals surface area contributed by atoms with Crippen molar-refractivity contribution in [3.63, 3.8) is 0 Å². The third-order valence-corrected chi connectivity index (χ3v) is 9.55. The van der Waals surface area contributed by atoms with E-state index in [2.05, 4.69) is 21.7 Å². The molecule has 1 unspecified atom stereocenters. The number of aryl methyl sites for hydroxylation is 2. The van der Waals surface area contributed by atoms with Gasteiger partial charge in [0.2, 0.25) is 6.49 Å². The Bertz CT molecular complexity index is 1110. The molecule has 0 spiro atoms. The van der Waals surface area contributed by atoms with Gasteiger partial charge in [-0.15, -0.1) is 12.6 Å². The number of hydrogen-bond acceptors (Lipinski definition) is 13. The first-order valence-corrected chi connectivity index (χ1v) is 15.8. The van der Waals surface area contributed by atoms with Gasteiger partial charge in [-0.1, -0.05) is 7.43 Å². The van der Waals surface area contributed by atoms with Gasteiger partial charge in [-0.25, -0.2) is 0 Å². The van der Waals surface area contributed by atoms with Crippen molar-refractivity contribution in [3.8, 4) is 5.75 Å². The van der Waals surface area contributed by atoms with Crippen LogP contribution >= 0.6 is 25.6 Å². The minimum absolute atomic E-state index is 0. The third kappa shape index (κ3) is 13.2. The summed E-state index contributed by atoms with van der Waals surface area (Å²) in [6.07, 6.45) is -0.593. The molecule has 2 aromatic carbocycles. The van der Waals surface area contributed by atoms with Crippen molar-refractivity contribution in [2.45, 2.75) is 26.2 Å². The fraction of sp³-hybridized carbons (Fsp3) is 0.400. The van der Waals surface area contributed by atoms with E-state index in [-0.39, 0.29) is 25.1 Å². The number of aliphatic hydroxyl groups is 2. The first-order valence-electron chi connectivity index (χ1n) is 9.67. The van der Waals surface area contributed by atoms with E-state index < -0.39 is 29.2 Å². The SMILES string of the molecule is C.COP(=S)(CO)OC.COP(=S)(CO)Oc1ccc([N+](=O)[O-])c(C)c1.Cc1cc(S)ccc1[N+](=O)[O-]. The molecule has 210 valence electrons. The molecular formula is C20H32N2O10P2S3. The number of rotatable bonds is 9. The zero-order valence-electron chi connectivity index (χ0n) is 20.1. The largest absolute Gasteiger partial charge is 0.442 e. The zero-order valence-corrected chi connectivity index (χ0v) is 24.4. The summed E-state index contributed by atoms with van der Waals surface area (Å²) in [5, 5.41) is 38.5. The van der Waals surface area contributed by atoms with Crippen LogP contribution in [0.3, 0.4) is 0 Å². The molecule has 0 saturated heterocycles. The Morgan fingerprint density at radius 3 is 1.54 bits per heavy atom. The summed E-state index contributed by atoms with van der Waals surface area (Å²) in [6.45, 7) is -1.73. The molecule has 0 fully saturated rings. The van der Waals surface area contributed by atoms with Gasteiger partial charge in [0.25, 0.3) is 17.9 Å². The van der Waals surface area contributed by atoms with Gasteiger partial charge in [0.1, 0.15) is 18.4 Å². The minimum atomic E-state index is -2.74. The first-order chi connectivity index (χ1) is 16.7. The molecule has 0 radical (unpaired) electrons. The third-order valence-electron chi connectivity index (χ3n) is 4.17. The highest BCUT2D eigenvalue weighted by Crippen LogP contribution is 2.47. The molecule has 37 heavy (non-hydrogen) atoms.